The molecule has 0 bridgehead atoms. The van der Waals surface area contributed by atoms with Crippen LogP contribution in [0.25, 0.3) is 0 Å². The van der Waals surface area contributed by atoms with E-state index in [1.54, 1.807) is 0 Å². The van der Waals surface area contributed by atoms with Crippen molar-refractivity contribution in [1.29, 1.82) is 0 Å². The first-order valence-electron chi connectivity index (χ1n) is 8.86. The second-order valence-corrected chi connectivity index (χ2v) is 7.79. The number of carbonyl (C=O) groups excluding carboxylic acids is 1. The molecular weight excluding hydrogens is 274 g/mol. The smallest absolute Gasteiger partial charge is 0.0715 e. The molecule has 0 spiro atoms. The van der Waals surface area contributed by atoms with Gasteiger partial charge >= 0.3 is 0 Å². The van der Waals surface area contributed by atoms with Crippen LogP contribution in [0.5, 0.6) is 0 Å². The van der Waals surface area contributed by atoms with E-state index in [2.05, 4.69) is 4.90 Å². The number of fused-ring (bicyclic) bond motifs is 4. The van der Waals surface area contributed by atoms with E-state index in [0.717, 1.165) is 11.8 Å². The van der Waals surface area contributed by atoms with Crippen molar-refractivity contribution in [2.75, 3.05) is 18.0 Å². The van der Waals surface area contributed by atoms with Gasteiger partial charge in [0, 0.05) is 18.8 Å². The van der Waals surface area contributed by atoms with Crippen LogP contribution < -0.4 is 10.0 Å². The van der Waals surface area contributed by atoms with E-state index in [0.29, 0.717) is 17.4 Å². The van der Waals surface area contributed by atoms with Crippen LogP contribution >= 0.6 is 0 Å². The van der Waals surface area contributed by atoms with Gasteiger partial charge in [-0.15, -0.1) is 0 Å². The predicted octanol–water partition coefficient (Wildman–Crippen LogP) is 2.65. The van der Waals surface area contributed by atoms with Crippen LogP contribution in [0.2, 0.25) is 0 Å². The van der Waals surface area contributed by atoms with Crippen LogP contribution in [0.15, 0.2) is 12.1 Å². The number of hydrogen-bond donors (Lipinski definition) is 0. The van der Waals surface area contributed by atoms with E-state index >= 15 is 0 Å². The van der Waals surface area contributed by atoms with Crippen molar-refractivity contribution in [3.8, 4) is 0 Å². The normalized spacial score (nSPS) is 35.0. The molecule has 2 aliphatic heterocycles. The van der Waals surface area contributed by atoms with Crippen molar-refractivity contribution >= 4 is 11.7 Å². The van der Waals surface area contributed by atoms with E-state index < -0.39 is 5.97 Å². The van der Waals surface area contributed by atoms with Crippen LogP contribution in [0.4, 0.5) is 5.69 Å². The number of carbonyl (C=O) groups is 1. The van der Waals surface area contributed by atoms with Crippen LogP contribution in [0.1, 0.15) is 71.8 Å². The molecule has 2 aliphatic carbocycles. The zero-order valence-corrected chi connectivity index (χ0v) is 12.9. The van der Waals surface area contributed by atoms with Gasteiger partial charge in [0.1, 0.15) is 0 Å². The largest absolute Gasteiger partial charge is 0.545 e. The molecule has 2 fully saturated rings. The summed E-state index contributed by atoms with van der Waals surface area (Å²) in [5.74, 6) is 1.63. The Morgan fingerprint density at radius 1 is 0.955 bits per heavy atom. The summed E-state index contributed by atoms with van der Waals surface area (Å²) < 4.78 is 0. The lowest BCUT2D eigenvalue weighted by Crippen LogP contribution is -2.43. The number of hydrogen-bond acceptors (Lipinski definition) is 3. The Morgan fingerprint density at radius 3 is 2.00 bits per heavy atom. The molecule has 2 heterocycles. The molecule has 0 aromatic heterocycles. The number of nitrogens with zero attached hydrogens (tertiary/aromatic N) is 1. The molecule has 22 heavy (non-hydrogen) atoms. The summed E-state index contributed by atoms with van der Waals surface area (Å²) in [4.78, 5) is 14.1. The van der Waals surface area contributed by atoms with Crippen molar-refractivity contribution in [2.45, 2.75) is 50.4 Å². The first-order valence-corrected chi connectivity index (χ1v) is 8.86. The van der Waals surface area contributed by atoms with Gasteiger partial charge < -0.3 is 14.8 Å². The SMILES string of the molecule is O=C([O-])c1cc2c3c(c1)[C@@H]1CCC[C@H]1CN3C[C@H]1CCC[C@H]21. The summed E-state index contributed by atoms with van der Waals surface area (Å²) >= 11 is 0. The van der Waals surface area contributed by atoms with E-state index in [-0.39, 0.29) is 0 Å². The van der Waals surface area contributed by atoms with Crippen molar-refractivity contribution in [2.24, 2.45) is 11.8 Å². The zero-order valence-electron chi connectivity index (χ0n) is 12.9. The number of carboxylic acid groups (broad SMARTS) is 1. The first-order chi connectivity index (χ1) is 10.7. The van der Waals surface area contributed by atoms with Gasteiger partial charge in [-0.05, 0) is 78.2 Å². The fourth-order valence-electron chi connectivity index (χ4n) is 5.88. The Labute approximate surface area is 131 Å². The molecule has 1 aromatic rings. The minimum absolute atomic E-state index is 0.411. The van der Waals surface area contributed by atoms with Gasteiger partial charge in [-0.1, -0.05) is 12.8 Å². The molecule has 116 valence electrons. The average Bonchev–Trinajstić information content (AvgIpc) is 3.15. The second kappa shape index (κ2) is 4.50. The van der Waals surface area contributed by atoms with Gasteiger partial charge in [0.25, 0.3) is 0 Å². The lowest BCUT2D eigenvalue weighted by molar-refractivity contribution is -0.255. The van der Waals surface area contributed by atoms with E-state index in [9.17, 15) is 9.90 Å². The number of benzene rings is 1. The number of aromatic carboxylic acids is 1. The highest BCUT2D eigenvalue weighted by Gasteiger charge is 2.44. The fraction of sp³-hybridized carbons (Fsp3) is 0.632. The maximum atomic E-state index is 11.5. The van der Waals surface area contributed by atoms with E-state index in [1.807, 2.05) is 12.1 Å². The molecule has 0 radical (unpaired) electrons. The van der Waals surface area contributed by atoms with Gasteiger partial charge in [-0.25, -0.2) is 0 Å². The topological polar surface area (TPSA) is 43.4 Å². The molecular formula is C19H22NO2-. The molecule has 0 unspecified atom stereocenters. The quantitative estimate of drug-likeness (QED) is 0.800. The minimum Gasteiger partial charge on any atom is -0.545 e. The zero-order chi connectivity index (χ0) is 14.8. The minimum atomic E-state index is -1.01. The summed E-state index contributed by atoms with van der Waals surface area (Å²) in [6.45, 7) is 2.39. The number of rotatable bonds is 1. The van der Waals surface area contributed by atoms with Crippen LogP contribution in [-0.2, 0) is 0 Å². The summed E-state index contributed by atoms with van der Waals surface area (Å²) in [5.41, 5.74) is 4.48. The first kappa shape index (κ1) is 13.0. The van der Waals surface area contributed by atoms with Crippen LogP contribution in [0, 0.1) is 11.8 Å². The summed E-state index contributed by atoms with van der Waals surface area (Å²) in [7, 11) is 0. The van der Waals surface area contributed by atoms with Crippen LogP contribution in [-0.4, -0.2) is 19.1 Å². The van der Waals surface area contributed by atoms with E-state index in [1.165, 1.54) is 68.4 Å². The Balaban J connectivity index is 1.74. The summed E-state index contributed by atoms with van der Waals surface area (Å²) in [6.07, 6.45) is 7.66. The van der Waals surface area contributed by atoms with Crippen molar-refractivity contribution in [3.63, 3.8) is 0 Å². The Morgan fingerprint density at radius 2 is 1.50 bits per heavy atom. The van der Waals surface area contributed by atoms with Crippen molar-refractivity contribution < 1.29 is 9.90 Å². The highest BCUT2D eigenvalue weighted by Crippen LogP contribution is 2.55. The summed E-state index contributed by atoms with van der Waals surface area (Å²) in [5, 5.41) is 11.5. The molecule has 5 rings (SSSR count). The van der Waals surface area contributed by atoms with Gasteiger partial charge in [0.05, 0.1) is 5.97 Å². The lowest BCUT2D eigenvalue weighted by atomic mass is 9.74. The van der Waals surface area contributed by atoms with Gasteiger partial charge in [-0.2, -0.15) is 0 Å². The predicted molar refractivity (Wildman–Crippen MR) is 83.1 cm³/mol. The maximum absolute atomic E-state index is 11.5. The molecule has 0 N–H and O–H groups in total. The second-order valence-electron chi connectivity index (χ2n) is 7.79. The molecule has 3 heteroatoms. The molecule has 2 saturated carbocycles. The summed E-state index contributed by atoms with van der Waals surface area (Å²) in [6, 6.07) is 3.89. The maximum Gasteiger partial charge on any atom is 0.0715 e. The molecule has 4 atom stereocenters. The highest BCUT2D eigenvalue weighted by molar-refractivity contribution is 5.88. The lowest BCUT2D eigenvalue weighted by Gasteiger charge is -2.46. The molecule has 0 saturated heterocycles. The number of carboxylic acids is 1. The van der Waals surface area contributed by atoms with Gasteiger partial charge in [0.2, 0.25) is 0 Å². The standard InChI is InChI=1S/C19H23NO2/c21-19(22)13-7-16-14-5-1-3-11(14)9-20-10-12-4-2-6-15(12)17(8-13)18(16)20/h7-8,11-12,14-15H,1-6,9-10H2,(H,21,22)/p-1/t11-,12+,14+,15-. The van der Waals surface area contributed by atoms with Crippen molar-refractivity contribution in [3.05, 3.63) is 28.8 Å². The highest BCUT2D eigenvalue weighted by atomic mass is 16.4. The monoisotopic (exact) mass is 296 g/mol. The van der Waals surface area contributed by atoms with Crippen molar-refractivity contribution in [1.82, 2.24) is 0 Å². The fourth-order valence-corrected chi connectivity index (χ4v) is 5.88. The average molecular weight is 296 g/mol. The third-order valence-corrected chi connectivity index (χ3v) is 6.75. The molecule has 4 aliphatic rings. The Hall–Kier alpha value is -1.51. The van der Waals surface area contributed by atoms with E-state index in [4.69, 9.17) is 0 Å². The molecule has 3 nitrogen and oxygen atoms in total. The van der Waals surface area contributed by atoms with Gasteiger partial charge in [-0.3, -0.25) is 0 Å². The Kier molecular flexibility index (Phi) is 2.65. The molecule has 1 aromatic carbocycles. The number of anilines is 1. The van der Waals surface area contributed by atoms with Crippen LogP contribution in [0.3, 0.4) is 0 Å². The van der Waals surface area contributed by atoms with Gasteiger partial charge in [0.15, 0.2) is 0 Å². The third-order valence-electron chi connectivity index (χ3n) is 6.75. The molecule has 0 amide bonds. The third kappa shape index (κ3) is 1.65. The Bertz CT molecular complexity index is 608.